The van der Waals surface area contributed by atoms with Gasteiger partial charge in [0.25, 0.3) is 5.91 Å². The quantitative estimate of drug-likeness (QED) is 0.585. The van der Waals surface area contributed by atoms with Crippen molar-refractivity contribution in [3.05, 3.63) is 71.5 Å². The Hall–Kier alpha value is -3.54. The van der Waals surface area contributed by atoms with Crippen molar-refractivity contribution >= 4 is 22.6 Å². The van der Waals surface area contributed by atoms with Gasteiger partial charge in [0.15, 0.2) is 17.8 Å². The molecule has 2 aromatic carbocycles. The number of oxazole rings is 1. The Bertz CT molecular complexity index is 1160. The summed E-state index contributed by atoms with van der Waals surface area (Å²) in [5.74, 6) is 0.121. The van der Waals surface area contributed by atoms with Crippen molar-refractivity contribution in [3.63, 3.8) is 0 Å². The van der Waals surface area contributed by atoms with Crippen LogP contribution in [-0.2, 0) is 0 Å². The number of amides is 1. The molecule has 27 heavy (non-hydrogen) atoms. The minimum atomic E-state index is -0.335. The highest BCUT2D eigenvalue weighted by Gasteiger charge is 2.19. The first-order valence-corrected chi connectivity index (χ1v) is 8.59. The molecule has 0 atom stereocenters. The van der Waals surface area contributed by atoms with E-state index in [1.54, 1.807) is 12.1 Å². The molecule has 0 bridgehead atoms. The van der Waals surface area contributed by atoms with Crippen molar-refractivity contribution in [2.75, 3.05) is 5.32 Å². The Balaban J connectivity index is 1.66. The summed E-state index contributed by atoms with van der Waals surface area (Å²) >= 11 is 0. The van der Waals surface area contributed by atoms with Crippen molar-refractivity contribution in [1.29, 1.82) is 0 Å². The molecule has 134 valence electrons. The lowest BCUT2D eigenvalue weighted by Crippen LogP contribution is -2.13. The molecule has 0 unspecified atom stereocenters. The average Bonchev–Trinajstić information content (AvgIpc) is 3.13. The molecule has 6 nitrogen and oxygen atoms in total. The Morgan fingerprint density at radius 2 is 1.70 bits per heavy atom. The largest absolute Gasteiger partial charge is 0.443 e. The number of fused-ring (bicyclic) bond motifs is 1. The van der Waals surface area contributed by atoms with Crippen LogP contribution in [-0.4, -0.2) is 20.9 Å². The second-order valence-corrected chi connectivity index (χ2v) is 6.40. The van der Waals surface area contributed by atoms with E-state index in [0.29, 0.717) is 11.4 Å². The maximum Gasteiger partial charge on any atom is 0.278 e. The van der Waals surface area contributed by atoms with Gasteiger partial charge in [-0.2, -0.15) is 0 Å². The Morgan fingerprint density at radius 1 is 0.963 bits per heavy atom. The number of rotatable bonds is 3. The van der Waals surface area contributed by atoms with Crippen LogP contribution in [0, 0.1) is 20.8 Å². The molecule has 2 aromatic heterocycles. The van der Waals surface area contributed by atoms with Crippen LogP contribution in [0.5, 0.6) is 0 Å². The third-order valence-corrected chi connectivity index (χ3v) is 4.51. The summed E-state index contributed by atoms with van der Waals surface area (Å²) < 4.78 is 5.50. The highest BCUT2D eigenvalue weighted by Crippen LogP contribution is 2.27. The van der Waals surface area contributed by atoms with Gasteiger partial charge in [0.05, 0.1) is 22.4 Å². The number of nitrogens with zero attached hydrogens (tertiary/aromatic N) is 3. The minimum absolute atomic E-state index is 0.246. The molecule has 0 aliphatic carbocycles. The molecule has 0 aliphatic rings. The van der Waals surface area contributed by atoms with E-state index in [1.165, 1.54) is 6.39 Å². The smallest absolute Gasteiger partial charge is 0.278 e. The molecule has 2 heterocycles. The summed E-state index contributed by atoms with van der Waals surface area (Å²) in [5.41, 5.74) is 6.01. The standard InChI is InChI=1S/C21H18N4O2/c1-12-6-4-5-7-16(12)20-19(22-11-27-20)21(26)25-15-8-9-17-18(10-15)24-14(3)13(2)23-17/h4-11H,1-3H3,(H,25,26). The van der Waals surface area contributed by atoms with Gasteiger partial charge in [0.1, 0.15) is 0 Å². The van der Waals surface area contributed by atoms with E-state index < -0.39 is 0 Å². The number of hydrogen-bond donors (Lipinski definition) is 1. The third-order valence-electron chi connectivity index (χ3n) is 4.51. The van der Waals surface area contributed by atoms with Crippen LogP contribution in [0.2, 0.25) is 0 Å². The lowest BCUT2D eigenvalue weighted by molar-refractivity contribution is 0.102. The molecule has 0 saturated heterocycles. The molecular formula is C21H18N4O2. The second-order valence-electron chi connectivity index (χ2n) is 6.40. The van der Waals surface area contributed by atoms with Crippen LogP contribution in [0.1, 0.15) is 27.4 Å². The van der Waals surface area contributed by atoms with Crippen LogP contribution in [0.4, 0.5) is 5.69 Å². The van der Waals surface area contributed by atoms with E-state index in [0.717, 1.165) is 33.5 Å². The maximum atomic E-state index is 12.8. The van der Waals surface area contributed by atoms with Gasteiger partial charge >= 0.3 is 0 Å². The van der Waals surface area contributed by atoms with Gasteiger partial charge < -0.3 is 9.73 Å². The number of anilines is 1. The summed E-state index contributed by atoms with van der Waals surface area (Å²) in [6.07, 6.45) is 1.29. The number of carbonyl (C=O) groups is 1. The van der Waals surface area contributed by atoms with Crippen molar-refractivity contribution in [1.82, 2.24) is 15.0 Å². The molecule has 0 aliphatic heterocycles. The molecule has 0 spiro atoms. The zero-order valence-corrected chi connectivity index (χ0v) is 15.3. The van der Waals surface area contributed by atoms with E-state index in [4.69, 9.17) is 4.42 Å². The first-order valence-electron chi connectivity index (χ1n) is 8.59. The molecule has 4 aromatic rings. The number of aryl methyl sites for hydroxylation is 3. The van der Waals surface area contributed by atoms with Crippen LogP contribution in [0.3, 0.4) is 0 Å². The van der Waals surface area contributed by atoms with Crippen molar-refractivity contribution in [3.8, 4) is 11.3 Å². The fourth-order valence-corrected chi connectivity index (χ4v) is 2.93. The zero-order chi connectivity index (χ0) is 19.0. The maximum absolute atomic E-state index is 12.8. The Labute approximate surface area is 156 Å². The molecule has 0 radical (unpaired) electrons. The summed E-state index contributed by atoms with van der Waals surface area (Å²) in [5, 5.41) is 2.87. The number of aromatic nitrogens is 3. The summed E-state index contributed by atoms with van der Waals surface area (Å²) in [6.45, 7) is 5.80. The summed E-state index contributed by atoms with van der Waals surface area (Å²) in [7, 11) is 0. The van der Waals surface area contributed by atoms with E-state index in [2.05, 4.69) is 20.3 Å². The van der Waals surface area contributed by atoms with Gasteiger partial charge in [-0.25, -0.2) is 15.0 Å². The summed E-state index contributed by atoms with van der Waals surface area (Å²) in [6, 6.07) is 13.2. The van der Waals surface area contributed by atoms with E-state index in [-0.39, 0.29) is 11.6 Å². The topological polar surface area (TPSA) is 80.9 Å². The predicted octanol–water partition coefficient (Wildman–Crippen LogP) is 4.46. The third kappa shape index (κ3) is 3.17. The second kappa shape index (κ2) is 6.64. The van der Waals surface area contributed by atoms with Crippen LogP contribution < -0.4 is 5.32 Å². The van der Waals surface area contributed by atoms with E-state index >= 15 is 0 Å². The number of nitrogens with one attached hydrogen (secondary N) is 1. The predicted molar refractivity (Wildman–Crippen MR) is 104 cm³/mol. The fraction of sp³-hybridized carbons (Fsp3) is 0.143. The fourth-order valence-electron chi connectivity index (χ4n) is 2.93. The SMILES string of the molecule is Cc1ccccc1-c1ocnc1C(=O)Nc1ccc2nc(C)c(C)nc2c1. The molecule has 1 amide bonds. The minimum Gasteiger partial charge on any atom is -0.443 e. The Morgan fingerprint density at radius 3 is 2.48 bits per heavy atom. The highest BCUT2D eigenvalue weighted by molar-refractivity contribution is 6.07. The molecule has 1 N–H and O–H groups in total. The molecule has 0 fully saturated rings. The highest BCUT2D eigenvalue weighted by atomic mass is 16.3. The molecular weight excluding hydrogens is 340 g/mol. The van der Waals surface area contributed by atoms with Crippen molar-refractivity contribution in [2.24, 2.45) is 0 Å². The first kappa shape index (κ1) is 16.9. The van der Waals surface area contributed by atoms with Gasteiger partial charge in [-0.3, -0.25) is 4.79 Å². The zero-order valence-electron chi connectivity index (χ0n) is 15.3. The van der Waals surface area contributed by atoms with Gasteiger partial charge in [0.2, 0.25) is 0 Å². The van der Waals surface area contributed by atoms with E-state index in [9.17, 15) is 4.79 Å². The first-order chi connectivity index (χ1) is 13.0. The lowest BCUT2D eigenvalue weighted by Gasteiger charge is -2.08. The number of benzene rings is 2. The number of hydrogen-bond acceptors (Lipinski definition) is 5. The molecule has 0 saturated carbocycles. The lowest BCUT2D eigenvalue weighted by atomic mass is 10.1. The number of carbonyl (C=O) groups excluding carboxylic acids is 1. The molecule has 4 rings (SSSR count). The van der Waals surface area contributed by atoms with Crippen molar-refractivity contribution in [2.45, 2.75) is 20.8 Å². The average molecular weight is 358 g/mol. The normalized spacial score (nSPS) is 10.9. The van der Waals surface area contributed by atoms with E-state index in [1.807, 2.05) is 51.1 Å². The van der Waals surface area contributed by atoms with Gasteiger partial charge in [0, 0.05) is 11.3 Å². The van der Waals surface area contributed by atoms with Gasteiger partial charge in [-0.1, -0.05) is 24.3 Å². The van der Waals surface area contributed by atoms with Crippen LogP contribution in [0.15, 0.2) is 53.3 Å². The monoisotopic (exact) mass is 358 g/mol. The van der Waals surface area contributed by atoms with Crippen LogP contribution >= 0.6 is 0 Å². The van der Waals surface area contributed by atoms with Gasteiger partial charge in [-0.15, -0.1) is 0 Å². The van der Waals surface area contributed by atoms with Crippen LogP contribution in [0.25, 0.3) is 22.4 Å². The summed E-state index contributed by atoms with van der Waals surface area (Å²) in [4.78, 5) is 25.9. The van der Waals surface area contributed by atoms with Crippen molar-refractivity contribution < 1.29 is 9.21 Å². The Kier molecular flexibility index (Phi) is 4.16. The molecule has 6 heteroatoms. The van der Waals surface area contributed by atoms with Gasteiger partial charge in [-0.05, 0) is 44.5 Å².